The summed E-state index contributed by atoms with van der Waals surface area (Å²) in [6, 6.07) is 9.57. The zero-order chi connectivity index (χ0) is 21.7. The van der Waals surface area contributed by atoms with E-state index in [9.17, 15) is 4.39 Å². The Balaban J connectivity index is 1.62. The minimum Gasteiger partial charge on any atom is -0.493 e. The van der Waals surface area contributed by atoms with Crippen molar-refractivity contribution in [3.63, 3.8) is 0 Å². The van der Waals surface area contributed by atoms with Gasteiger partial charge in [0.05, 0.1) is 9.30 Å². The molecule has 2 heterocycles. The SMILES string of the molecule is [2H]C1([2H])Oc2ccc(OC([2H])([2H])[C@@H]3CNCC([2H])([2H])C3c3ccc(F)cc3)cc2O1. The van der Waals surface area contributed by atoms with Crippen LogP contribution >= 0.6 is 0 Å². The molecule has 2 aliphatic rings. The number of hydrogen-bond donors (Lipinski definition) is 1. The smallest absolute Gasteiger partial charge is 0.231 e. The maximum atomic E-state index is 13.4. The van der Waals surface area contributed by atoms with Gasteiger partial charge in [0, 0.05) is 21.3 Å². The summed E-state index contributed by atoms with van der Waals surface area (Å²) in [6.45, 7) is -4.42. The van der Waals surface area contributed by atoms with Crippen molar-refractivity contribution in [3.8, 4) is 17.2 Å². The fourth-order valence-corrected chi connectivity index (χ4v) is 2.77. The van der Waals surface area contributed by atoms with E-state index in [4.69, 9.17) is 22.4 Å². The second-order valence-electron chi connectivity index (χ2n) is 5.59. The van der Waals surface area contributed by atoms with E-state index in [1.807, 2.05) is 0 Å². The van der Waals surface area contributed by atoms with E-state index in [2.05, 4.69) is 5.32 Å². The van der Waals surface area contributed by atoms with Crippen molar-refractivity contribution < 1.29 is 26.8 Å². The van der Waals surface area contributed by atoms with Crippen LogP contribution in [0.25, 0.3) is 0 Å². The molecule has 4 rings (SSSR count). The van der Waals surface area contributed by atoms with E-state index in [0.717, 1.165) is 0 Å². The van der Waals surface area contributed by atoms with Gasteiger partial charge in [0.15, 0.2) is 11.5 Å². The maximum Gasteiger partial charge on any atom is 0.231 e. The number of benzene rings is 2. The van der Waals surface area contributed by atoms with Crippen LogP contribution in [-0.4, -0.2) is 26.4 Å². The third-order valence-corrected chi connectivity index (χ3v) is 3.99. The van der Waals surface area contributed by atoms with Gasteiger partial charge < -0.3 is 19.5 Å². The van der Waals surface area contributed by atoms with Crippen LogP contribution in [0.3, 0.4) is 0 Å². The average molecular weight is 335 g/mol. The minimum absolute atomic E-state index is 0.0285. The van der Waals surface area contributed by atoms with E-state index >= 15 is 0 Å². The highest BCUT2D eigenvalue weighted by molar-refractivity contribution is 5.46. The Bertz CT molecular complexity index is 940. The maximum absolute atomic E-state index is 13.4. The molecule has 1 saturated heterocycles. The first kappa shape index (κ1) is 9.89. The van der Waals surface area contributed by atoms with Crippen molar-refractivity contribution in [2.45, 2.75) is 12.3 Å². The van der Waals surface area contributed by atoms with Crippen LogP contribution in [0.1, 0.15) is 26.1 Å². The molecule has 126 valence electrons. The molecule has 0 bridgehead atoms. The number of halogens is 1. The van der Waals surface area contributed by atoms with Gasteiger partial charge in [-0.15, -0.1) is 0 Å². The highest BCUT2D eigenvalue weighted by atomic mass is 19.1. The molecule has 24 heavy (non-hydrogen) atoms. The third-order valence-electron chi connectivity index (χ3n) is 3.99. The molecule has 1 N–H and O–H groups in total. The number of ether oxygens (including phenoxy) is 3. The molecule has 1 unspecified atom stereocenters. The van der Waals surface area contributed by atoms with Crippen LogP contribution in [0.2, 0.25) is 0 Å². The molecule has 1 fully saturated rings. The lowest BCUT2D eigenvalue weighted by atomic mass is 9.81. The molecule has 0 radical (unpaired) electrons. The van der Waals surface area contributed by atoms with Crippen LogP contribution in [0.15, 0.2) is 42.5 Å². The summed E-state index contributed by atoms with van der Waals surface area (Å²) in [7, 11) is 0. The lowest BCUT2D eigenvalue weighted by Gasteiger charge is -2.32. The molecule has 0 amide bonds. The molecule has 2 atom stereocenters. The van der Waals surface area contributed by atoms with Crippen LogP contribution < -0.4 is 19.5 Å². The Labute approximate surface area is 149 Å². The highest BCUT2D eigenvalue weighted by Gasteiger charge is 2.27. The van der Waals surface area contributed by atoms with Crippen LogP contribution in [-0.2, 0) is 0 Å². The fourth-order valence-electron chi connectivity index (χ4n) is 2.77. The van der Waals surface area contributed by atoms with Gasteiger partial charge in [-0.1, -0.05) is 12.1 Å². The molecule has 0 spiro atoms. The quantitative estimate of drug-likeness (QED) is 0.930. The van der Waals surface area contributed by atoms with Crippen LogP contribution in [0, 0.1) is 11.7 Å². The molecule has 5 heteroatoms. The minimum atomic E-state index is -2.31. The summed E-state index contributed by atoms with van der Waals surface area (Å²) in [5, 5.41) is 2.92. The van der Waals surface area contributed by atoms with E-state index in [1.54, 1.807) is 0 Å². The fraction of sp³-hybridized carbons (Fsp3) is 0.368. The third kappa shape index (κ3) is 3.17. The van der Waals surface area contributed by atoms with Gasteiger partial charge in [-0.2, -0.15) is 0 Å². The van der Waals surface area contributed by atoms with Gasteiger partial charge in [-0.05, 0) is 48.7 Å². The Morgan fingerprint density at radius 2 is 2.04 bits per heavy atom. The van der Waals surface area contributed by atoms with E-state index in [-0.39, 0.29) is 30.3 Å². The molecule has 4 nitrogen and oxygen atoms in total. The first-order valence-corrected chi connectivity index (χ1v) is 7.64. The molecular formula is C19H20FNO3. The van der Waals surface area contributed by atoms with Crippen molar-refractivity contribution in [1.82, 2.24) is 5.32 Å². The largest absolute Gasteiger partial charge is 0.493 e. The number of fused-ring (bicyclic) bond motifs is 1. The second kappa shape index (κ2) is 6.69. The number of nitrogens with one attached hydrogen (secondary N) is 1. The van der Waals surface area contributed by atoms with Gasteiger partial charge >= 0.3 is 0 Å². The predicted octanol–water partition coefficient (Wildman–Crippen LogP) is 3.33. The van der Waals surface area contributed by atoms with Crippen molar-refractivity contribution >= 4 is 0 Å². The number of hydrogen-bond acceptors (Lipinski definition) is 4. The molecular weight excluding hydrogens is 309 g/mol. The van der Waals surface area contributed by atoms with Gasteiger partial charge in [-0.3, -0.25) is 0 Å². The lowest BCUT2D eigenvalue weighted by molar-refractivity contribution is 0.173. The highest BCUT2D eigenvalue weighted by Crippen LogP contribution is 2.36. The molecule has 0 aliphatic carbocycles. The topological polar surface area (TPSA) is 39.7 Å². The van der Waals surface area contributed by atoms with Crippen molar-refractivity contribution in [2.24, 2.45) is 5.92 Å². The van der Waals surface area contributed by atoms with E-state index in [1.165, 1.54) is 42.5 Å². The summed E-state index contributed by atoms with van der Waals surface area (Å²) in [5.41, 5.74) is 0.485. The summed E-state index contributed by atoms with van der Waals surface area (Å²) < 4.78 is 77.9. The van der Waals surface area contributed by atoms with Gasteiger partial charge in [-0.25, -0.2) is 4.39 Å². The van der Waals surface area contributed by atoms with Gasteiger partial charge in [0.2, 0.25) is 6.75 Å². The number of piperidine rings is 1. The first-order valence-electron chi connectivity index (χ1n) is 10.6. The Morgan fingerprint density at radius 3 is 2.92 bits per heavy atom. The van der Waals surface area contributed by atoms with Crippen molar-refractivity contribution in [2.75, 3.05) is 26.4 Å². The Hall–Kier alpha value is -2.27. The molecule has 0 aromatic heterocycles. The Morgan fingerprint density at radius 1 is 1.21 bits per heavy atom. The van der Waals surface area contributed by atoms with Gasteiger partial charge in [0.1, 0.15) is 14.3 Å². The van der Waals surface area contributed by atoms with Crippen molar-refractivity contribution in [3.05, 3.63) is 53.8 Å². The Kier molecular flexibility index (Phi) is 2.76. The number of rotatable bonds is 4. The average Bonchev–Trinajstić information content (AvgIpc) is 2.94. The molecule has 2 aromatic rings. The van der Waals surface area contributed by atoms with Crippen LogP contribution in [0.4, 0.5) is 4.39 Å². The first-order chi connectivity index (χ1) is 14.0. The van der Waals surface area contributed by atoms with Gasteiger partial charge in [0.25, 0.3) is 0 Å². The molecule has 2 aliphatic heterocycles. The lowest BCUT2D eigenvalue weighted by Crippen LogP contribution is -2.38. The predicted molar refractivity (Wildman–Crippen MR) is 88.2 cm³/mol. The van der Waals surface area contributed by atoms with E-state index in [0.29, 0.717) is 5.56 Å². The second-order valence-corrected chi connectivity index (χ2v) is 5.59. The monoisotopic (exact) mass is 335 g/mol. The summed E-state index contributed by atoms with van der Waals surface area (Å²) in [5.74, 6) is -1.91. The molecule has 2 aromatic carbocycles. The van der Waals surface area contributed by atoms with Crippen molar-refractivity contribution in [1.29, 1.82) is 0 Å². The van der Waals surface area contributed by atoms with Crippen LogP contribution in [0.5, 0.6) is 17.2 Å². The zero-order valence-corrected chi connectivity index (χ0v) is 12.7. The summed E-state index contributed by atoms with van der Waals surface area (Å²) in [4.78, 5) is 0. The molecule has 0 saturated carbocycles. The van der Waals surface area contributed by atoms with E-state index < -0.39 is 37.3 Å². The summed E-state index contributed by atoms with van der Waals surface area (Å²) >= 11 is 0. The standard InChI is InChI=1S/C19H20FNO3/c20-15-3-1-13(2-4-15)17-7-8-21-10-14(17)11-22-16-5-6-18-19(9-16)24-12-23-18/h1-6,9,14,17,21H,7-8,10-12H2/t14-,17?/m0/s1/i7D2,11D2,12D2. The normalized spacial score (nSPS) is 30.9. The zero-order valence-electron chi connectivity index (χ0n) is 18.7. The summed E-state index contributed by atoms with van der Waals surface area (Å²) in [6.07, 6.45) is -1.79.